The maximum absolute atomic E-state index is 14.0. The van der Waals surface area contributed by atoms with E-state index < -0.39 is 27.7 Å². The lowest BCUT2D eigenvalue weighted by Gasteiger charge is -2.29. The van der Waals surface area contributed by atoms with Gasteiger partial charge in [-0.2, -0.15) is 10.2 Å². The van der Waals surface area contributed by atoms with Gasteiger partial charge in [0.2, 0.25) is 0 Å². The summed E-state index contributed by atoms with van der Waals surface area (Å²) >= 11 is 0. The van der Waals surface area contributed by atoms with Gasteiger partial charge in [0.25, 0.3) is 10.0 Å². The van der Waals surface area contributed by atoms with Crippen molar-refractivity contribution in [2.24, 2.45) is 7.05 Å². The number of aromatic nitrogens is 6. The van der Waals surface area contributed by atoms with E-state index in [1.165, 1.54) is 3.97 Å². The van der Waals surface area contributed by atoms with Crippen molar-refractivity contribution < 1.29 is 27.9 Å². The molecule has 14 heteroatoms. The number of aliphatic carboxylic acids is 1. The summed E-state index contributed by atoms with van der Waals surface area (Å²) in [6, 6.07) is 8.32. The summed E-state index contributed by atoms with van der Waals surface area (Å²) in [4.78, 5) is 30.6. The Labute approximate surface area is 279 Å². The Kier molecular flexibility index (Phi) is 9.49. The van der Waals surface area contributed by atoms with Gasteiger partial charge in [0.1, 0.15) is 5.60 Å². The summed E-state index contributed by atoms with van der Waals surface area (Å²) < 4.78 is 38.1. The predicted octanol–water partition coefficient (Wildman–Crippen LogP) is 5.86. The van der Waals surface area contributed by atoms with Crippen LogP contribution in [0.4, 0.5) is 4.79 Å². The first kappa shape index (κ1) is 34.4. The standard InChI is InChI=1S/C34H41N7O6S/c1-22(2)40(33(44)47-34(4,5)6)21-30-29(19-38(7)37-30)24-15-27-28(25-17-36-39(18-25)14-8-9-31(42)43)20-41(32(27)35-16-24)48(45,46)26-12-10-23(3)11-13-26/h10-13,15-20,22H,8-9,14,21H2,1-7H3,(H,42,43). The highest BCUT2D eigenvalue weighted by Crippen LogP contribution is 2.35. The molecule has 0 spiro atoms. The van der Waals surface area contributed by atoms with Crippen molar-refractivity contribution in [2.45, 2.75) is 84.0 Å². The minimum Gasteiger partial charge on any atom is -0.481 e. The van der Waals surface area contributed by atoms with Gasteiger partial charge in [-0.05, 0) is 66.2 Å². The third-order valence-electron chi connectivity index (χ3n) is 7.70. The van der Waals surface area contributed by atoms with E-state index in [0.717, 1.165) is 11.1 Å². The quantitative estimate of drug-likeness (QED) is 0.181. The zero-order valence-electron chi connectivity index (χ0n) is 28.2. The topological polar surface area (TPSA) is 154 Å². The van der Waals surface area contributed by atoms with E-state index in [4.69, 9.17) is 9.84 Å². The van der Waals surface area contributed by atoms with Crippen molar-refractivity contribution in [3.63, 3.8) is 0 Å². The molecule has 1 amide bonds. The first-order valence-electron chi connectivity index (χ1n) is 15.6. The summed E-state index contributed by atoms with van der Waals surface area (Å²) in [6.45, 7) is 11.7. The van der Waals surface area contributed by atoms with Crippen molar-refractivity contribution in [3.05, 3.63) is 72.6 Å². The normalized spacial score (nSPS) is 12.2. The highest BCUT2D eigenvalue weighted by atomic mass is 32.2. The van der Waals surface area contributed by atoms with E-state index in [1.54, 1.807) is 70.4 Å². The van der Waals surface area contributed by atoms with Crippen molar-refractivity contribution >= 4 is 33.1 Å². The Bertz CT molecular complexity index is 2070. The number of carboxylic acids is 1. The summed E-state index contributed by atoms with van der Waals surface area (Å²) in [6.07, 6.45) is 8.33. The molecule has 0 aliphatic carbocycles. The minimum atomic E-state index is -4.03. The van der Waals surface area contributed by atoms with Crippen LogP contribution in [0.1, 0.15) is 58.7 Å². The number of benzene rings is 1. The van der Waals surface area contributed by atoms with E-state index >= 15 is 0 Å². The number of ether oxygens (including phenoxy) is 1. The number of carbonyl (C=O) groups excluding carboxylic acids is 1. The van der Waals surface area contributed by atoms with Crippen molar-refractivity contribution in [3.8, 4) is 22.3 Å². The monoisotopic (exact) mass is 675 g/mol. The van der Waals surface area contributed by atoms with Crippen LogP contribution < -0.4 is 0 Å². The molecule has 0 atom stereocenters. The largest absolute Gasteiger partial charge is 0.481 e. The van der Waals surface area contributed by atoms with Crippen LogP contribution in [-0.4, -0.2) is 70.6 Å². The molecular weight excluding hydrogens is 634 g/mol. The molecule has 0 radical (unpaired) electrons. The number of hydrogen-bond acceptors (Lipinski definition) is 8. The Hall–Kier alpha value is -4.98. The predicted molar refractivity (Wildman–Crippen MR) is 181 cm³/mol. The number of nitrogens with zero attached hydrogens (tertiary/aromatic N) is 7. The first-order valence-corrected chi connectivity index (χ1v) is 17.1. The van der Waals surface area contributed by atoms with Gasteiger partial charge in [-0.25, -0.2) is 22.2 Å². The molecule has 0 saturated carbocycles. The van der Waals surface area contributed by atoms with Crippen LogP contribution in [-0.2, 0) is 39.7 Å². The molecule has 0 aliphatic heterocycles. The zero-order valence-corrected chi connectivity index (χ0v) is 29.0. The molecule has 0 bridgehead atoms. The molecule has 0 fully saturated rings. The van der Waals surface area contributed by atoms with Crippen molar-refractivity contribution in [1.29, 1.82) is 0 Å². The molecule has 5 aromatic rings. The third-order valence-corrected chi connectivity index (χ3v) is 9.36. The van der Waals surface area contributed by atoms with Crippen LogP contribution >= 0.6 is 0 Å². The molecule has 0 aliphatic rings. The maximum atomic E-state index is 14.0. The molecule has 4 aromatic heterocycles. The van der Waals surface area contributed by atoms with E-state index in [1.807, 2.05) is 53.8 Å². The Balaban J connectivity index is 1.62. The van der Waals surface area contributed by atoms with Crippen LogP contribution in [0.5, 0.6) is 0 Å². The van der Waals surface area contributed by atoms with E-state index in [-0.39, 0.29) is 29.6 Å². The van der Waals surface area contributed by atoms with Crippen LogP contribution in [0.3, 0.4) is 0 Å². The Morgan fingerprint density at radius 2 is 1.73 bits per heavy atom. The van der Waals surface area contributed by atoms with Crippen molar-refractivity contribution in [2.75, 3.05) is 0 Å². The van der Waals surface area contributed by atoms with Gasteiger partial charge in [-0.15, -0.1) is 0 Å². The number of carbonyl (C=O) groups is 2. The fourth-order valence-electron chi connectivity index (χ4n) is 5.31. The summed E-state index contributed by atoms with van der Waals surface area (Å²) in [5.74, 6) is -0.886. The lowest BCUT2D eigenvalue weighted by Crippen LogP contribution is -2.40. The van der Waals surface area contributed by atoms with Gasteiger partial charge in [0, 0.05) is 78.5 Å². The maximum Gasteiger partial charge on any atom is 0.410 e. The fraction of sp³-hybridized carbons (Fsp3) is 0.382. The Morgan fingerprint density at radius 1 is 1.02 bits per heavy atom. The second kappa shape index (κ2) is 13.3. The van der Waals surface area contributed by atoms with Crippen LogP contribution in [0.25, 0.3) is 33.3 Å². The van der Waals surface area contributed by atoms with Crippen LogP contribution in [0, 0.1) is 6.92 Å². The van der Waals surface area contributed by atoms with E-state index in [9.17, 15) is 18.0 Å². The van der Waals surface area contributed by atoms with Gasteiger partial charge >= 0.3 is 12.1 Å². The number of carboxylic acid groups (broad SMARTS) is 1. The molecule has 13 nitrogen and oxygen atoms in total. The molecule has 48 heavy (non-hydrogen) atoms. The SMILES string of the molecule is Cc1ccc(S(=O)(=O)n2cc(-c3cnn(CCCC(=O)O)c3)c3cc(-c4cn(C)nc4CN(C(=O)OC(C)(C)C)C(C)C)cnc32)cc1. The molecule has 5 rings (SSSR count). The van der Waals surface area contributed by atoms with Gasteiger partial charge in [-0.1, -0.05) is 17.7 Å². The number of fused-ring (bicyclic) bond motifs is 1. The molecule has 1 N–H and O–H groups in total. The third kappa shape index (κ3) is 7.43. The number of hydrogen-bond donors (Lipinski definition) is 1. The average molecular weight is 676 g/mol. The second-order valence-corrected chi connectivity index (χ2v) is 14.9. The van der Waals surface area contributed by atoms with Gasteiger partial charge in [0.15, 0.2) is 5.65 Å². The Morgan fingerprint density at radius 3 is 2.38 bits per heavy atom. The average Bonchev–Trinajstić information content (AvgIpc) is 3.71. The number of pyridine rings is 1. The zero-order chi connectivity index (χ0) is 35.0. The highest BCUT2D eigenvalue weighted by Gasteiger charge is 2.28. The summed E-state index contributed by atoms with van der Waals surface area (Å²) in [5, 5.41) is 18.7. The van der Waals surface area contributed by atoms with Gasteiger partial charge in [0.05, 0.1) is 23.3 Å². The molecule has 0 saturated heterocycles. The highest BCUT2D eigenvalue weighted by molar-refractivity contribution is 7.90. The molecule has 254 valence electrons. The summed E-state index contributed by atoms with van der Waals surface area (Å²) in [5.41, 5.74) is 3.76. The number of aryl methyl sites for hydroxylation is 3. The summed E-state index contributed by atoms with van der Waals surface area (Å²) in [7, 11) is -2.24. The second-order valence-electron chi connectivity index (χ2n) is 13.1. The van der Waals surface area contributed by atoms with E-state index in [0.29, 0.717) is 40.7 Å². The van der Waals surface area contributed by atoms with Gasteiger partial charge < -0.3 is 9.84 Å². The molecule has 1 aromatic carbocycles. The fourth-order valence-corrected chi connectivity index (χ4v) is 6.64. The molecule has 4 heterocycles. The number of rotatable bonds is 11. The molecular formula is C34H41N7O6S. The first-order chi connectivity index (χ1) is 22.5. The van der Waals surface area contributed by atoms with Gasteiger partial charge in [-0.3, -0.25) is 19.1 Å². The number of amides is 1. The lowest BCUT2D eigenvalue weighted by molar-refractivity contribution is -0.137. The van der Waals surface area contributed by atoms with Crippen LogP contribution in [0.2, 0.25) is 0 Å². The minimum absolute atomic E-state index is 0.00614. The smallest absolute Gasteiger partial charge is 0.410 e. The van der Waals surface area contributed by atoms with Crippen molar-refractivity contribution in [1.82, 2.24) is 33.4 Å². The van der Waals surface area contributed by atoms with E-state index in [2.05, 4.69) is 15.2 Å². The van der Waals surface area contributed by atoms with Crippen LogP contribution in [0.15, 0.2) is 66.2 Å². The molecule has 0 unspecified atom stereocenters. The lowest BCUT2D eigenvalue weighted by atomic mass is 10.0.